The second-order valence-corrected chi connectivity index (χ2v) is 10.6. The van der Waals surface area contributed by atoms with Crippen LogP contribution in [0.2, 0.25) is 0 Å². The molecule has 2 aromatic heterocycles. The summed E-state index contributed by atoms with van der Waals surface area (Å²) in [5.41, 5.74) is 2.93. The average Bonchev–Trinajstić information content (AvgIpc) is 3.52. The van der Waals surface area contributed by atoms with Gasteiger partial charge in [-0.05, 0) is 62.5 Å². The van der Waals surface area contributed by atoms with Crippen molar-refractivity contribution in [3.8, 4) is 0 Å². The lowest BCUT2D eigenvalue weighted by molar-refractivity contribution is -0.128. The zero-order valence-corrected chi connectivity index (χ0v) is 19.8. The lowest BCUT2D eigenvalue weighted by Crippen LogP contribution is -2.45. The maximum atomic E-state index is 13.5. The molecule has 3 aliphatic rings. The van der Waals surface area contributed by atoms with Crippen molar-refractivity contribution in [1.29, 1.82) is 0 Å². The third-order valence-electron chi connectivity index (χ3n) is 7.77. The van der Waals surface area contributed by atoms with Crippen LogP contribution in [0.4, 0.5) is 5.00 Å². The SMILES string of the molecule is Cc1c([C@@H](O)CN2CCC3(CC2)CCN(c2cc4cncnc4s2)C3=O)ccc2c1COC2=O. The maximum absolute atomic E-state index is 13.5. The van der Waals surface area contributed by atoms with Crippen LogP contribution in [-0.4, -0.2) is 58.0 Å². The summed E-state index contributed by atoms with van der Waals surface area (Å²) in [7, 11) is 0. The average molecular weight is 479 g/mol. The van der Waals surface area contributed by atoms with Crippen LogP contribution < -0.4 is 4.90 Å². The van der Waals surface area contributed by atoms with E-state index in [4.69, 9.17) is 4.74 Å². The lowest BCUT2D eigenvalue weighted by Gasteiger charge is -2.38. The fourth-order valence-corrected chi connectivity index (χ4v) is 6.64. The summed E-state index contributed by atoms with van der Waals surface area (Å²) in [4.78, 5) is 38.7. The van der Waals surface area contributed by atoms with Gasteiger partial charge in [-0.3, -0.25) is 4.79 Å². The van der Waals surface area contributed by atoms with E-state index in [0.717, 1.165) is 70.8 Å². The van der Waals surface area contributed by atoms with Gasteiger partial charge in [-0.15, -0.1) is 0 Å². The predicted octanol–water partition coefficient (Wildman–Crippen LogP) is 3.22. The van der Waals surface area contributed by atoms with Gasteiger partial charge in [0.15, 0.2) is 0 Å². The maximum Gasteiger partial charge on any atom is 0.338 e. The van der Waals surface area contributed by atoms with Crippen LogP contribution in [0, 0.1) is 12.3 Å². The number of hydrogen-bond acceptors (Lipinski definition) is 8. The number of nitrogens with zero attached hydrogens (tertiary/aromatic N) is 4. The highest BCUT2D eigenvalue weighted by Gasteiger charge is 2.49. The largest absolute Gasteiger partial charge is 0.457 e. The van der Waals surface area contributed by atoms with Crippen LogP contribution in [0.3, 0.4) is 0 Å². The quantitative estimate of drug-likeness (QED) is 0.575. The number of hydrogen-bond donors (Lipinski definition) is 1. The van der Waals surface area contributed by atoms with E-state index in [1.165, 1.54) is 6.33 Å². The Kier molecular flexibility index (Phi) is 5.16. The molecule has 1 amide bonds. The first kappa shape index (κ1) is 21.6. The molecular formula is C25H26N4O4S. The Morgan fingerprint density at radius 2 is 2.00 bits per heavy atom. The summed E-state index contributed by atoms with van der Waals surface area (Å²) >= 11 is 1.54. The van der Waals surface area contributed by atoms with Crippen molar-refractivity contribution in [3.63, 3.8) is 0 Å². The zero-order valence-electron chi connectivity index (χ0n) is 19.0. The summed E-state index contributed by atoms with van der Waals surface area (Å²) in [6.07, 6.45) is 5.13. The number of carbonyl (C=O) groups excluding carboxylic acids is 2. The molecule has 5 heterocycles. The molecule has 8 nitrogen and oxygen atoms in total. The number of β-amino-alcohol motifs (C(OH)–C–C–N with tert-alkyl or cyclic N) is 1. The third-order valence-corrected chi connectivity index (χ3v) is 8.85. The molecule has 1 spiro atoms. The number of thiophene rings is 1. The number of anilines is 1. The van der Waals surface area contributed by atoms with E-state index in [0.29, 0.717) is 12.1 Å². The predicted molar refractivity (Wildman–Crippen MR) is 128 cm³/mol. The molecule has 34 heavy (non-hydrogen) atoms. The van der Waals surface area contributed by atoms with Crippen molar-refractivity contribution < 1.29 is 19.4 Å². The molecule has 9 heteroatoms. The van der Waals surface area contributed by atoms with Gasteiger partial charge in [0.2, 0.25) is 5.91 Å². The van der Waals surface area contributed by atoms with Crippen LogP contribution in [0.15, 0.2) is 30.7 Å². The highest BCUT2D eigenvalue weighted by Crippen LogP contribution is 2.45. The summed E-state index contributed by atoms with van der Waals surface area (Å²) in [6.45, 7) is 5.02. The first-order chi connectivity index (χ1) is 16.4. The van der Waals surface area contributed by atoms with Crippen LogP contribution in [-0.2, 0) is 16.1 Å². The van der Waals surface area contributed by atoms with Crippen LogP contribution in [0.5, 0.6) is 0 Å². The van der Waals surface area contributed by atoms with E-state index >= 15 is 0 Å². The van der Waals surface area contributed by atoms with Gasteiger partial charge < -0.3 is 19.6 Å². The Balaban J connectivity index is 1.11. The summed E-state index contributed by atoms with van der Waals surface area (Å²) < 4.78 is 5.14. The van der Waals surface area contributed by atoms with E-state index in [-0.39, 0.29) is 23.9 Å². The standard InChI is InChI=1S/C25H26N4O4S/c1-15-17(2-3-18-19(15)13-33-23(18)31)20(30)12-28-7-4-25(5-8-28)6-9-29(24(25)32)21-10-16-11-26-14-27-22(16)34-21/h2-3,10-11,14,20,30H,4-9,12-13H2,1H3/t20-/m0/s1. The molecular weight excluding hydrogens is 452 g/mol. The van der Waals surface area contributed by atoms with Gasteiger partial charge in [0.1, 0.15) is 22.8 Å². The summed E-state index contributed by atoms with van der Waals surface area (Å²) in [5, 5.41) is 12.9. The van der Waals surface area contributed by atoms with Crippen molar-refractivity contribution in [1.82, 2.24) is 14.9 Å². The van der Waals surface area contributed by atoms with Gasteiger partial charge in [0, 0.05) is 30.2 Å². The highest BCUT2D eigenvalue weighted by atomic mass is 32.1. The smallest absolute Gasteiger partial charge is 0.338 e. The first-order valence-electron chi connectivity index (χ1n) is 11.7. The van der Waals surface area contributed by atoms with Crippen LogP contribution in [0.25, 0.3) is 10.2 Å². The van der Waals surface area contributed by atoms with E-state index in [1.807, 2.05) is 24.0 Å². The van der Waals surface area contributed by atoms with E-state index in [2.05, 4.69) is 14.9 Å². The van der Waals surface area contributed by atoms with Crippen LogP contribution in [0.1, 0.15) is 52.4 Å². The number of carbonyl (C=O) groups is 2. The Morgan fingerprint density at radius 1 is 1.21 bits per heavy atom. The molecule has 1 N–H and O–H groups in total. The molecule has 3 aromatic rings. The van der Waals surface area contributed by atoms with Crippen molar-refractivity contribution in [2.45, 2.75) is 38.9 Å². The molecule has 0 radical (unpaired) electrons. The van der Waals surface area contributed by atoms with Gasteiger partial charge >= 0.3 is 5.97 Å². The number of esters is 1. The van der Waals surface area contributed by atoms with Gasteiger partial charge in [-0.2, -0.15) is 0 Å². The normalized spacial score (nSPS) is 20.8. The van der Waals surface area contributed by atoms with Gasteiger partial charge in [-0.1, -0.05) is 17.4 Å². The monoisotopic (exact) mass is 478 g/mol. The number of rotatable bonds is 4. The second kappa shape index (κ2) is 8.11. The molecule has 3 aliphatic heterocycles. The van der Waals surface area contributed by atoms with Gasteiger partial charge in [0.25, 0.3) is 0 Å². The number of ether oxygens (including phenoxy) is 1. The molecule has 0 bridgehead atoms. The number of benzene rings is 1. The zero-order chi connectivity index (χ0) is 23.4. The summed E-state index contributed by atoms with van der Waals surface area (Å²) in [6, 6.07) is 5.61. The van der Waals surface area contributed by atoms with Crippen molar-refractivity contribution in [2.24, 2.45) is 5.41 Å². The Hall–Kier alpha value is -2.88. The molecule has 1 aromatic carbocycles. The van der Waals surface area contributed by atoms with Crippen LogP contribution >= 0.6 is 11.3 Å². The number of fused-ring (bicyclic) bond motifs is 2. The van der Waals surface area contributed by atoms with E-state index in [9.17, 15) is 14.7 Å². The molecule has 6 rings (SSSR count). The number of aliphatic hydroxyl groups is 1. The molecule has 0 unspecified atom stereocenters. The fourth-order valence-electron chi connectivity index (χ4n) is 5.64. The highest BCUT2D eigenvalue weighted by molar-refractivity contribution is 7.22. The Morgan fingerprint density at radius 3 is 2.79 bits per heavy atom. The summed E-state index contributed by atoms with van der Waals surface area (Å²) in [5.74, 6) is -0.0781. The fraction of sp³-hybridized carbons (Fsp3) is 0.440. The van der Waals surface area contributed by atoms with Crippen molar-refractivity contribution >= 4 is 38.4 Å². The lowest BCUT2D eigenvalue weighted by atomic mass is 9.77. The number of likely N-dealkylation sites (tertiary alicyclic amines) is 1. The Labute approximate surface area is 201 Å². The van der Waals surface area contributed by atoms with Crippen molar-refractivity contribution in [2.75, 3.05) is 31.1 Å². The molecule has 1 atom stereocenters. The molecule has 2 saturated heterocycles. The van der Waals surface area contributed by atoms with Gasteiger partial charge in [-0.25, -0.2) is 14.8 Å². The molecule has 2 fully saturated rings. The number of piperidine rings is 1. The topological polar surface area (TPSA) is 95.9 Å². The minimum Gasteiger partial charge on any atom is -0.457 e. The Bertz CT molecular complexity index is 1260. The molecule has 176 valence electrons. The number of amides is 1. The third kappa shape index (κ3) is 3.41. The van der Waals surface area contributed by atoms with Crippen molar-refractivity contribution in [3.05, 3.63) is 53.0 Å². The minimum atomic E-state index is -0.648. The molecule has 0 aliphatic carbocycles. The second-order valence-electron chi connectivity index (χ2n) is 9.55. The first-order valence-corrected chi connectivity index (χ1v) is 12.5. The number of aliphatic hydroxyl groups excluding tert-OH is 1. The number of aromatic nitrogens is 2. The number of cyclic esters (lactones) is 1. The van der Waals surface area contributed by atoms with Gasteiger partial charge in [0.05, 0.1) is 17.1 Å². The molecule has 0 saturated carbocycles. The van der Waals surface area contributed by atoms with E-state index < -0.39 is 6.10 Å². The minimum absolute atomic E-state index is 0.214. The van der Waals surface area contributed by atoms with E-state index in [1.54, 1.807) is 23.6 Å².